The van der Waals surface area contributed by atoms with Crippen LogP contribution in [0.25, 0.3) is 0 Å². The number of carbonyl (C=O) groups excluding carboxylic acids is 2. The second-order valence-electron chi connectivity index (χ2n) is 4.14. The normalized spacial score (nSPS) is 18.4. The Balaban J connectivity index is 1.80. The van der Waals surface area contributed by atoms with Gasteiger partial charge in [-0.1, -0.05) is 30.3 Å². The lowest BCUT2D eigenvalue weighted by molar-refractivity contribution is -0.239. The third-order valence-corrected chi connectivity index (χ3v) is 2.68. The summed E-state index contributed by atoms with van der Waals surface area (Å²) in [5.41, 5.74) is 0.989. The maximum absolute atomic E-state index is 11.4. The van der Waals surface area contributed by atoms with Crippen molar-refractivity contribution in [2.45, 2.75) is 26.0 Å². The van der Waals surface area contributed by atoms with Crippen LogP contribution in [-0.4, -0.2) is 29.6 Å². The second kappa shape index (κ2) is 5.64. The standard InChI is InChI=1S/C13H15NO4/c1-10(15)17-9-12-7-13(16)14(12)18-8-11-5-3-2-4-6-11/h2-6,12H,7-9H2,1H3/t12-/m0/s1. The molecule has 96 valence electrons. The molecule has 1 heterocycles. The van der Waals surface area contributed by atoms with Crippen molar-refractivity contribution < 1.29 is 19.2 Å². The average molecular weight is 249 g/mol. The van der Waals surface area contributed by atoms with E-state index in [1.165, 1.54) is 12.0 Å². The lowest BCUT2D eigenvalue weighted by Crippen LogP contribution is -2.54. The predicted octanol–water partition coefficient (Wildman–Crippen LogP) is 1.28. The summed E-state index contributed by atoms with van der Waals surface area (Å²) >= 11 is 0. The van der Waals surface area contributed by atoms with E-state index in [9.17, 15) is 9.59 Å². The Morgan fingerprint density at radius 3 is 2.72 bits per heavy atom. The van der Waals surface area contributed by atoms with Gasteiger partial charge in [0.1, 0.15) is 19.3 Å². The summed E-state index contributed by atoms with van der Waals surface area (Å²) < 4.78 is 4.86. The number of β-lactam (4-membered cyclic amide) rings is 1. The van der Waals surface area contributed by atoms with Crippen molar-refractivity contribution in [3.05, 3.63) is 35.9 Å². The van der Waals surface area contributed by atoms with Gasteiger partial charge in [0.25, 0.3) is 0 Å². The molecule has 0 aliphatic carbocycles. The van der Waals surface area contributed by atoms with Crippen molar-refractivity contribution in [3.8, 4) is 0 Å². The quantitative estimate of drug-likeness (QED) is 0.582. The molecule has 1 aliphatic rings. The number of esters is 1. The van der Waals surface area contributed by atoms with Crippen molar-refractivity contribution >= 4 is 11.9 Å². The van der Waals surface area contributed by atoms with E-state index in [-0.39, 0.29) is 24.5 Å². The highest BCUT2D eigenvalue weighted by Gasteiger charge is 2.38. The van der Waals surface area contributed by atoms with E-state index in [4.69, 9.17) is 9.57 Å². The zero-order valence-corrected chi connectivity index (χ0v) is 10.2. The van der Waals surface area contributed by atoms with Crippen LogP contribution in [0, 0.1) is 0 Å². The minimum atomic E-state index is -0.350. The number of hydroxylamine groups is 2. The molecule has 0 bridgehead atoms. The highest BCUT2D eigenvalue weighted by molar-refractivity contribution is 5.82. The van der Waals surface area contributed by atoms with E-state index in [1.54, 1.807) is 0 Å². The van der Waals surface area contributed by atoms with Gasteiger partial charge in [-0.3, -0.25) is 14.4 Å². The Labute approximate surface area is 105 Å². The van der Waals surface area contributed by atoms with E-state index >= 15 is 0 Å². The molecule has 1 atom stereocenters. The molecule has 1 aliphatic heterocycles. The maximum Gasteiger partial charge on any atom is 0.302 e. The molecule has 0 N–H and O–H groups in total. The van der Waals surface area contributed by atoms with Gasteiger partial charge in [-0.15, -0.1) is 0 Å². The third kappa shape index (κ3) is 3.07. The minimum Gasteiger partial charge on any atom is -0.464 e. The highest BCUT2D eigenvalue weighted by Crippen LogP contribution is 2.21. The number of amides is 1. The molecule has 5 heteroatoms. The summed E-state index contributed by atoms with van der Waals surface area (Å²) in [5, 5.41) is 1.29. The molecule has 0 unspecified atom stereocenters. The molecule has 1 saturated heterocycles. The number of hydrogen-bond acceptors (Lipinski definition) is 4. The van der Waals surface area contributed by atoms with E-state index in [2.05, 4.69) is 0 Å². The monoisotopic (exact) mass is 249 g/mol. The largest absolute Gasteiger partial charge is 0.464 e. The fraction of sp³-hybridized carbons (Fsp3) is 0.385. The molecule has 18 heavy (non-hydrogen) atoms. The topological polar surface area (TPSA) is 55.8 Å². The molecule has 0 aromatic heterocycles. The van der Waals surface area contributed by atoms with Gasteiger partial charge < -0.3 is 4.74 Å². The van der Waals surface area contributed by atoms with E-state index in [0.29, 0.717) is 13.0 Å². The van der Waals surface area contributed by atoms with Gasteiger partial charge >= 0.3 is 5.97 Å². The first-order valence-electron chi connectivity index (χ1n) is 5.79. The van der Waals surface area contributed by atoms with E-state index < -0.39 is 0 Å². The number of hydrogen-bond donors (Lipinski definition) is 0. The SMILES string of the molecule is CC(=O)OC[C@@H]1CC(=O)N1OCc1ccccc1. The lowest BCUT2D eigenvalue weighted by Gasteiger charge is -2.38. The first kappa shape index (κ1) is 12.6. The van der Waals surface area contributed by atoms with Crippen LogP contribution >= 0.6 is 0 Å². The fourth-order valence-electron chi connectivity index (χ4n) is 1.70. The van der Waals surface area contributed by atoms with Gasteiger partial charge in [-0.05, 0) is 5.56 Å². The molecule has 0 saturated carbocycles. The van der Waals surface area contributed by atoms with Gasteiger partial charge in [0.2, 0.25) is 5.91 Å². The summed E-state index contributed by atoms with van der Waals surface area (Å²) in [7, 11) is 0. The zero-order valence-electron chi connectivity index (χ0n) is 10.2. The van der Waals surface area contributed by atoms with Gasteiger partial charge in [0.05, 0.1) is 6.42 Å². The fourth-order valence-corrected chi connectivity index (χ4v) is 1.70. The minimum absolute atomic E-state index is 0.0805. The lowest BCUT2D eigenvalue weighted by atomic mass is 10.1. The van der Waals surface area contributed by atoms with Gasteiger partial charge in [-0.2, -0.15) is 0 Å². The van der Waals surface area contributed by atoms with E-state index in [0.717, 1.165) is 5.56 Å². The summed E-state index contributed by atoms with van der Waals surface area (Å²) in [6.07, 6.45) is 0.363. The molecular weight excluding hydrogens is 234 g/mol. The molecule has 1 aromatic rings. The van der Waals surface area contributed by atoms with Gasteiger partial charge in [0, 0.05) is 6.92 Å². The zero-order chi connectivity index (χ0) is 13.0. The van der Waals surface area contributed by atoms with Crippen molar-refractivity contribution in [2.75, 3.05) is 6.61 Å². The molecule has 1 aromatic carbocycles. The number of ether oxygens (including phenoxy) is 1. The van der Waals surface area contributed by atoms with Crippen LogP contribution in [0.5, 0.6) is 0 Å². The first-order chi connectivity index (χ1) is 8.66. The first-order valence-corrected chi connectivity index (χ1v) is 5.79. The van der Waals surface area contributed by atoms with Crippen molar-refractivity contribution in [1.29, 1.82) is 0 Å². The van der Waals surface area contributed by atoms with E-state index in [1.807, 2.05) is 30.3 Å². The molecule has 0 radical (unpaired) electrons. The van der Waals surface area contributed by atoms with Crippen LogP contribution in [0.3, 0.4) is 0 Å². The number of nitrogens with zero attached hydrogens (tertiary/aromatic N) is 1. The number of benzene rings is 1. The maximum atomic E-state index is 11.4. The van der Waals surface area contributed by atoms with Crippen molar-refractivity contribution in [2.24, 2.45) is 0 Å². The number of carbonyl (C=O) groups is 2. The highest BCUT2D eigenvalue weighted by atomic mass is 16.7. The summed E-state index contributed by atoms with van der Waals surface area (Å²) in [6, 6.07) is 9.42. The molecular formula is C13H15NO4. The molecule has 5 nitrogen and oxygen atoms in total. The van der Waals surface area contributed by atoms with Crippen LogP contribution in [-0.2, 0) is 25.8 Å². The Kier molecular flexibility index (Phi) is 3.94. The van der Waals surface area contributed by atoms with Gasteiger partial charge in [0.15, 0.2) is 0 Å². The molecule has 1 fully saturated rings. The summed E-state index contributed by atoms with van der Waals surface area (Å²) in [5.74, 6) is -0.430. The Hall–Kier alpha value is -1.88. The van der Waals surface area contributed by atoms with Crippen molar-refractivity contribution in [1.82, 2.24) is 5.06 Å². The Morgan fingerprint density at radius 2 is 2.11 bits per heavy atom. The van der Waals surface area contributed by atoms with Crippen LogP contribution in [0.2, 0.25) is 0 Å². The third-order valence-electron chi connectivity index (χ3n) is 2.68. The Bertz CT molecular complexity index is 432. The molecule has 2 rings (SSSR count). The van der Waals surface area contributed by atoms with Crippen molar-refractivity contribution in [3.63, 3.8) is 0 Å². The Morgan fingerprint density at radius 1 is 1.39 bits per heavy atom. The second-order valence-corrected chi connectivity index (χ2v) is 4.14. The van der Waals surface area contributed by atoms with Crippen LogP contribution in [0.1, 0.15) is 18.9 Å². The molecule has 0 spiro atoms. The summed E-state index contributed by atoms with van der Waals surface area (Å²) in [6.45, 7) is 1.87. The number of rotatable bonds is 5. The predicted molar refractivity (Wildman–Crippen MR) is 63.1 cm³/mol. The average Bonchev–Trinajstić information content (AvgIpc) is 2.35. The van der Waals surface area contributed by atoms with Crippen LogP contribution in [0.15, 0.2) is 30.3 Å². The summed E-state index contributed by atoms with van der Waals surface area (Å²) in [4.78, 5) is 27.5. The van der Waals surface area contributed by atoms with Crippen LogP contribution in [0.4, 0.5) is 0 Å². The molecule has 1 amide bonds. The van der Waals surface area contributed by atoms with Crippen LogP contribution < -0.4 is 0 Å². The van der Waals surface area contributed by atoms with Gasteiger partial charge in [-0.25, -0.2) is 5.06 Å². The smallest absolute Gasteiger partial charge is 0.302 e.